The predicted molar refractivity (Wildman–Crippen MR) is 69.4 cm³/mol. The van der Waals surface area contributed by atoms with Gasteiger partial charge in [0.25, 0.3) is 0 Å². The minimum atomic E-state index is -0.171. The van der Waals surface area contributed by atoms with Crippen LogP contribution in [0.4, 0.5) is 10.5 Å². The van der Waals surface area contributed by atoms with Gasteiger partial charge in [0.2, 0.25) is 0 Å². The second-order valence-electron chi connectivity index (χ2n) is 3.97. The van der Waals surface area contributed by atoms with Crippen molar-refractivity contribution in [3.8, 4) is 0 Å². The number of rotatable bonds is 5. The van der Waals surface area contributed by atoms with E-state index in [1.807, 2.05) is 32.0 Å². The van der Waals surface area contributed by atoms with E-state index in [0.29, 0.717) is 13.2 Å². The lowest BCUT2D eigenvalue weighted by atomic mass is 10.1. The normalized spacial score (nSPS) is 10.1. The van der Waals surface area contributed by atoms with Gasteiger partial charge in [0.05, 0.1) is 0 Å². The van der Waals surface area contributed by atoms with Crippen LogP contribution in [-0.2, 0) is 4.74 Å². The number of hydrogen-bond acceptors (Lipinski definition) is 2. The second kappa shape index (κ2) is 6.91. The van der Waals surface area contributed by atoms with Gasteiger partial charge in [-0.2, -0.15) is 0 Å². The summed E-state index contributed by atoms with van der Waals surface area (Å²) in [5, 5.41) is 5.62. The molecule has 2 N–H and O–H groups in total. The molecule has 1 aromatic rings. The molecule has 17 heavy (non-hydrogen) atoms. The van der Waals surface area contributed by atoms with Crippen molar-refractivity contribution in [3.05, 3.63) is 29.3 Å². The van der Waals surface area contributed by atoms with Gasteiger partial charge in [0.15, 0.2) is 0 Å². The number of benzene rings is 1. The fourth-order valence-corrected chi connectivity index (χ4v) is 1.47. The Bertz CT molecular complexity index is 378. The molecule has 2 amide bonds. The summed E-state index contributed by atoms with van der Waals surface area (Å²) < 4.78 is 4.91. The van der Waals surface area contributed by atoms with Crippen molar-refractivity contribution >= 4 is 11.7 Å². The summed E-state index contributed by atoms with van der Waals surface area (Å²) in [5.41, 5.74) is 3.12. The highest BCUT2D eigenvalue weighted by molar-refractivity contribution is 5.90. The van der Waals surface area contributed by atoms with Crippen molar-refractivity contribution in [1.29, 1.82) is 0 Å². The SMILES string of the molecule is COCCCNC(=O)Nc1cccc(C)c1C. The molecule has 0 bridgehead atoms. The van der Waals surface area contributed by atoms with Crippen molar-refractivity contribution < 1.29 is 9.53 Å². The quantitative estimate of drug-likeness (QED) is 0.772. The standard InChI is InChI=1S/C13H20N2O2/c1-10-6-4-7-12(11(10)2)15-13(16)14-8-5-9-17-3/h4,6-7H,5,8-9H2,1-3H3,(H2,14,15,16). The average molecular weight is 236 g/mol. The first kappa shape index (κ1) is 13.5. The molecule has 0 unspecified atom stereocenters. The zero-order valence-corrected chi connectivity index (χ0v) is 10.7. The highest BCUT2D eigenvalue weighted by atomic mass is 16.5. The lowest BCUT2D eigenvalue weighted by Crippen LogP contribution is -2.30. The molecule has 1 aromatic carbocycles. The molecule has 0 heterocycles. The molecular weight excluding hydrogens is 216 g/mol. The Morgan fingerprint density at radius 3 is 2.82 bits per heavy atom. The number of carbonyl (C=O) groups is 1. The number of anilines is 1. The summed E-state index contributed by atoms with van der Waals surface area (Å²) in [7, 11) is 1.65. The molecule has 0 aliphatic heterocycles. The average Bonchev–Trinajstić information content (AvgIpc) is 2.31. The van der Waals surface area contributed by atoms with Gasteiger partial charge in [-0.1, -0.05) is 12.1 Å². The fraction of sp³-hybridized carbons (Fsp3) is 0.462. The summed E-state index contributed by atoms with van der Waals surface area (Å²) in [5.74, 6) is 0. The number of aryl methyl sites for hydroxylation is 1. The van der Waals surface area contributed by atoms with Crippen molar-refractivity contribution in [2.45, 2.75) is 20.3 Å². The lowest BCUT2D eigenvalue weighted by Gasteiger charge is -2.11. The monoisotopic (exact) mass is 236 g/mol. The maximum absolute atomic E-state index is 11.6. The zero-order valence-electron chi connectivity index (χ0n) is 10.7. The van der Waals surface area contributed by atoms with Crippen LogP contribution in [0, 0.1) is 13.8 Å². The molecule has 0 atom stereocenters. The minimum Gasteiger partial charge on any atom is -0.385 e. The Morgan fingerprint density at radius 1 is 1.35 bits per heavy atom. The first-order valence-corrected chi connectivity index (χ1v) is 5.75. The van der Waals surface area contributed by atoms with Crippen LogP contribution < -0.4 is 10.6 Å². The van der Waals surface area contributed by atoms with E-state index in [0.717, 1.165) is 17.7 Å². The largest absolute Gasteiger partial charge is 0.385 e. The van der Waals surface area contributed by atoms with Crippen LogP contribution in [-0.4, -0.2) is 26.3 Å². The molecule has 1 rings (SSSR count). The van der Waals surface area contributed by atoms with Crippen molar-refractivity contribution in [2.24, 2.45) is 0 Å². The Hall–Kier alpha value is -1.55. The first-order chi connectivity index (χ1) is 8.15. The number of carbonyl (C=O) groups excluding carboxylic acids is 1. The van der Waals surface area contributed by atoms with Gasteiger partial charge >= 0.3 is 6.03 Å². The van der Waals surface area contributed by atoms with E-state index in [2.05, 4.69) is 10.6 Å². The summed E-state index contributed by atoms with van der Waals surface area (Å²) >= 11 is 0. The topological polar surface area (TPSA) is 50.4 Å². The number of hydrogen-bond donors (Lipinski definition) is 2. The van der Waals surface area contributed by atoms with Gasteiger partial charge in [-0.05, 0) is 37.5 Å². The van der Waals surface area contributed by atoms with Crippen LogP contribution in [0.1, 0.15) is 17.5 Å². The zero-order chi connectivity index (χ0) is 12.7. The summed E-state index contributed by atoms with van der Waals surface area (Å²) in [6.07, 6.45) is 0.816. The Labute approximate surface area is 102 Å². The van der Waals surface area contributed by atoms with E-state index in [9.17, 15) is 4.79 Å². The minimum absolute atomic E-state index is 0.171. The Morgan fingerprint density at radius 2 is 2.12 bits per heavy atom. The Kier molecular flexibility index (Phi) is 5.49. The predicted octanol–water partition coefficient (Wildman–Crippen LogP) is 2.46. The van der Waals surface area contributed by atoms with Gasteiger partial charge < -0.3 is 15.4 Å². The van der Waals surface area contributed by atoms with Crippen LogP contribution >= 0.6 is 0 Å². The van der Waals surface area contributed by atoms with Crippen LogP contribution in [0.5, 0.6) is 0 Å². The smallest absolute Gasteiger partial charge is 0.319 e. The number of amides is 2. The number of nitrogens with one attached hydrogen (secondary N) is 2. The van der Waals surface area contributed by atoms with Crippen molar-refractivity contribution in [2.75, 3.05) is 25.6 Å². The third kappa shape index (κ3) is 4.44. The van der Waals surface area contributed by atoms with Gasteiger partial charge in [-0.3, -0.25) is 0 Å². The molecule has 94 valence electrons. The molecule has 0 saturated heterocycles. The summed E-state index contributed by atoms with van der Waals surface area (Å²) in [6.45, 7) is 5.29. The molecule has 0 radical (unpaired) electrons. The van der Waals surface area contributed by atoms with Gasteiger partial charge in [0, 0.05) is 25.9 Å². The third-order valence-corrected chi connectivity index (χ3v) is 2.66. The second-order valence-corrected chi connectivity index (χ2v) is 3.97. The van der Waals surface area contributed by atoms with E-state index in [-0.39, 0.29) is 6.03 Å². The third-order valence-electron chi connectivity index (χ3n) is 2.66. The summed E-state index contributed by atoms with van der Waals surface area (Å²) in [4.78, 5) is 11.6. The highest BCUT2D eigenvalue weighted by Gasteiger charge is 2.04. The van der Waals surface area contributed by atoms with Crippen molar-refractivity contribution in [1.82, 2.24) is 5.32 Å². The van der Waals surface area contributed by atoms with E-state index < -0.39 is 0 Å². The molecule has 0 aliphatic carbocycles. The van der Waals surface area contributed by atoms with Gasteiger partial charge in [-0.15, -0.1) is 0 Å². The number of urea groups is 1. The molecule has 4 nitrogen and oxygen atoms in total. The molecule has 0 fully saturated rings. The van der Waals surface area contributed by atoms with Gasteiger partial charge in [-0.25, -0.2) is 4.79 Å². The van der Waals surface area contributed by atoms with Crippen molar-refractivity contribution in [3.63, 3.8) is 0 Å². The maximum atomic E-state index is 11.6. The van der Waals surface area contributed by atoms with E-state index in [1.165, 1.54) is 5.56 Å². The van der Waals surface area contributed by atoms with Crippen LogP contribution in [0.15, 0.2) is 18.2 Å². The fourth-order valence-electron chi connectivity index (χ4n) is 1.47. The lowest BCUT2D eigenvalue weighted by molar-refractivity contribution is 0.194. The molecular formula is C13H20N2O2. The van der Waals surface area contributed by atoms with E-state index in [4.69, 9.17) is 4.74 Å². The molecule has 0 aliphatic rings. The van der Waals surface area contributed by atoms with Gasteiger partial charge in [0.1, 0.15) is 0 Å². The molecule has 4 heteroatoms. The van der Waals surface area contributed by atoms with Crippen LogP contribution in [0.2, 0.25) is 0 Å². The molecule has 0 aromatic heterocycles. The first-order valence-electron chi connectivity index (χ1n) is 5.75. The van der Waals surface area contributed by atoms with E-state index >= 15 is 0 Å². The maximum Gasteiger partial charge on any atom is 0.319 e. The number of methoxy groups -OCH3 is 1. The van der Waals surface area contributed by atoms with Crippen LogP contribution in [0.25, 0.3) is 0 Å². The van der Waals surface area contributed by atoms with Crippen LogP contribution in [0.3, 0.4) is 0 Å². The highest BCUT2D eigenvalue weighted by Crippen LogP contribution is 2.17. The summed E-state index contributed by atoms with van der Waals surface area (Å²) in [6, 6.07) is 5.69. The molecule has 0 spiro atoms. The van der Waals surface area contributed by atoms with E-state index in [1.54, 1.807) is 7.11 Å². The molecule has 0 saturated carbocycles. The number of ether oxygens (including phenoxy) is 1. The Balaban J connectivity index is 2.43.